The zero-order chi connectivity index (χ0) is 10.8. The second-order valence-corrected chi connectivity index (χ2v) is 4.72. The molecule has 1 rings (SSSR count). The van der Waals surface area contributed by atoms with Gasteiger partial charge >= 0.3 is 10.2 Å². The topological polar surface area (TPSA) is 82.3 Å². The molecule has 0 amide bonds. The van der Waals surface area contributed by atoms with E-state index in [1.54, 1.807) is 0 Å². The van der Waals surface area contributed by atoms with Crippen LogP contribution >= 0.6 is 0 Å². The van der Waals surface area contributed by atoms with Gasteiger partial charge in [-0.05, 0) is 6.07 Å². The first-order chi connectivity index (χ1) is 6.42. The molecular formula is C7H11N3O3S. The van der Waals surface area contributed by atoms with E-state index in [1.807, 2.05) is 0 Å². The molecule has 0 saturated heterocycles. The highest BCUT2D eigenvalue weighted by atomic mass is 32.2. The molecule has 0 spiro atoms. The van der Waals surface area contributed by atoms with Crippen molar-refractivity contribution in [2.24, 2.45) is 0 Å². The van der Waals surface area contributed by atoms with Crippen LogP contribution < -0.4 is 10.3 Å². The molecule has 14 heavy (non-hydrogen) atoms. The van der Waals surface area contributed by atoms with Crippen LogP contribution in [0.4, 0.5) is 5.69 Å². The van der Waals surface area contributed by atoms with Crippen LogP contribution in [0.1, 0.15) is 0 Å². The summed E-state index contributed by atoms with van der Waals surface area (Å²) in [5.41, 5.74) is 0.0381. The molecule has 0 atom stereocenters. The molecule has 1 aromatic heterocycles. The van der Waals surface area contributed by atoms with Crippen molar-refractivity contribution in [3.05, 3.63) is 28.7 Å². The quantitative estimate of drug-likeness (QED) is 0.722. The van der Waals surface area contributed by atoms with E-state index in [0.717, 1.165) is 4.31 Å². The number of H-pyrrole nitrogens is 1. The minimum atomic E-state index is -3.50. The van der Waals surface area contributed by atoms with E-state index < -0.39 is 10.2 Å². The number of aromatic nitrogens is 1. The lowest BCUT2D eigenvalue weighted by Gasteiger charge is -2.12. The van der Waals surface area contributed by atoms with Crippen LogP contribution in [0, 0.1) is 0 Å². The van der Waals surface area contributed by atoms with Gasteiger partial charge in [0, 0.05) is 26.4 Å². The maximum absolute atomic E-state index is 11.3. The average molecular weight is 217 g/mol. The van der Waals surface area contributed by atoms with Gasteiger partial charge in [0.2, 0.25) is 5.56 Å². The average Bonchev–Trinajstić information content (AvgIpc) is 2.08. The lowest BCUT2D eigenvalue weighted by atomic mass is 10.4. The van der Waals surface area contributed by atoms with Crippen molar-refractivity contribution < 1.29 is 8.42 Å². The van der Waals surface area contributed by atoms with E-state index in [0.29, 0.717) is 5.69 Å². The largest absolute Gasteiger partial charge is 0.327 e. The number of anilines is 1. The van der Waals surface area contributed by atoms with Crippen LogP contribution in [0.3, 0.4) is 0 Å². The molecule has 7 heteroatoms. The van der Waals surface area contributed by atoms with Crippen molar-refractivity contribution in [2.75, 3.05) is 18.8 Å². The molecule has 0 unspecified atom stereocenters. The number of pyridine rings is 1. The van der Waals surface area contributed by atoms with Gasteiger partial charge in [-0.2, -0.15) is 12.7 Å². The predicted octanol–water partition coefficient (Wildman–Crippen LogP) is -0.407. The van der Waals surface area contributed by atoms with Crippen molar-refractivity contribution in [2.45, 2.75) is 0 Å². The van der Waals surface area contributed by atoms with Crippen LogP contribution in [-0.4, -0.2) is 31.8 Å². The second-order valence-electron chi connectivity index (χ2n) is 2.83. The molecule has 0 aliphatic heterocycles. The summed E-state index contributed by atoms with van der Waals surface area (Å²) in [6, 6.07) is 2.63. The molecular weight excluding hydrogens is 206 g/mol. The molecule has 78 valence electrons. The Morgan fingerprint density at radius 2 is 2.00 bits per heavy atom. The van der Waals surface area contributed by atoms with E-state index in [4.69, 9.17) is 0 Å². The minimum Gasteiger partial charge on any atom is -0.327 e. The predicted molar refractivity (Wildman–Crippen MR) is 53.3 cm³/mol. The first kappa shape index (κ1) is 10.7. The molecule has 0 fully saturated rings. The summed E-state index contributed by atoms with van der Waals surface area (Å²) in [6.45, 7) is 0. The Labute approximate surface area is 81.7 Å². The van der Waals surface area contributed by atoms with Gasteiger partial charge in [0.1, 0.15) is 0 Å². The van der Waals surface area contributed by atoms with Crippen LogP contribution in [0.2, 0.25) is 0 Å². The zero-order valence-electron chi connectivity index (χ0n) is 7.81. The van der Waals surface area contributed by atoms with Gasteiger partial charge in [-0.1, -0.05) is 0 Å². The molecule has 6 nitrogen and oxygen atoms in total. The zero-order valence-corrected chi connectivity index (χ0v) is 8.63. The van der Waals surface area contributed by atoms with E-state index >= 15 is 0 Å². The summed E-state index contributed by atoms with van der Waals surface area (Å²) < 4.78 is 25.9. The second kappa shape index (κ2) is 3.81. The van der Waals surface area contributed by atoms with Crippen molar-refractivity contribution in [1.82, 2.24) is 9.29 Å². The molecule has 2 N–H and O–H groups in total. The standard InChI is InChI=1S/C7H11N3O3S/c1-10(2)14(12,13)9-6-3-4-7(11)8-5-6/h3-5,9H,1-2H3,(H,8,11). The van der Waals surface area contributed by atoms with Crippen molar-refractivity contribution in [1.29, 1.82) is 0 Å². The van der Waals surface area contributed by atoms with Crippen LogP contribution in [0.5, 0.6) is 0 Å². The third kappa shape index (κ3) is 2.57. The van der Waals surface area contributed by atoms with E-state index in [-0.39, 0.29) is 5.56 Å². The number of hydrogen-bond acceptors (Lipinski definition) is 3. The highest BCUT2D eigenvalue weighted by Gasteiger charge is 2.12. The fourth-order valence-corrected chi connectivity index (χ4v) is 1.32. The van der Waals surface area contributed by atoms with Crippen molar-refractivity contribution in [3.63, 3.8) is 0 Å². The third-order valence-corrected chi connectivity index (χ3v) is 2.97. The maximum atomic E-state index is 11.3. The van der Waals surface area contributed by atoms with E-state index in [9.17, 15) is 13.2 Å². The number of nitrogens with one attached hydrogen (secondary N) is 2. The van der Waals surface area contributed by atoms with Crippen LogP contribution in [-0.2, 0) is 10.2 Å². The Morgan fingerprint density at radius 3 is 2.43 bits per heavy atom. The van der Waals surface area contributed by atoms with E-state index in [2.05, 4.69) is 9.71 Å². The highest BCUT2D eigenvalue weighted by Crippen LogP contribution is 2.05. The first-order valence-corrected chi connectivity index (χ1v) is 5.25. The molecule has 1 aromatic rings. The number of nitrogens with zero attached hydrogens (tertiary/aromatic N) is 1. The fraction of sp³-hybridized carbons (Fsp3) is 0.286. The minimum absolute atomic E-state index is 0.280. The first-order valence-electron chi connectivity index (χ1n) is 3.81. The Kier molecular flexibility index (Phi) is 2.92. The summed E-state index contributed by atoms with van der Waals surface area (Å²) in [5, 5.41) is 0. The van der Waals surface area contributed by atoms with Gasteiger partial charge in [0.15, 0.2) is 0 Å². The van der Waals surface area contributed by atoms with Crippen LogP contribution in [0.25, 0.3) is 0 Å². The van der Waals surface area contributed by atoms with Gasteiger partial charge in [0.05, 0.1) is 5.69 Å². The lowest BCUT2D eigenvalue weighted by molar-refractivity contribution is 0.527. The van der Waals surface area contributed by atoms with Gasteiger partial charge < -0.3 is 4.98 Å². The Hall–Kier alpha value is -1.34. The third-order valence-electron chi connectivity index (χ3n) is 1.51. The Morgan fingerprint density at radius 1 is 1.36 bits per heavy atom. The summed E-state index contributed by atoms with van der Waals surface area (Å²) >= 11 is 0. The van der Waals surface area contributed by atoms with Gasteiger partial charge in [-0.25, -0.2) is 0 Å². The lowest BCUT2D eigenvalue weighted by Crippen LogP contribution is -2.29. The Balaban J connectivity index is 2.90. The Bertz CT molecular complexity index is 443. The van der Waals surface area contributed by atoms with Gasteiger partial charge in [-0.15, -0.1) is 0 Å². The monoisotopic (exact) mass is 217 g/mol. The smallest absolute Gasteiger partial charge is 0.301 e. The maximum Gasteiger partial charge on any atom is 0.301 e. The molecule has 0 bridgehead atoms. The summed E-state index contributed by atoms with van der Waals surface area (Å²) in [7, 11) is -0.681. The molecule has 0 aliphatic carbocycles. The van der Waals surface area contributed by atoms with Gasteiger partial charge in [-0.3, -0.25) is 9.52 Å². The van der Waals surface area contributed by atoms with E-state index in [1.165, 1.54) is 32.4 Å². The summed E-state index contributed by atoms with van der Waals surface area (Å²) in [4.78, 5) is 13.0. The summed E-state index contributed by atoms with van der Waals surface area (Å²) in [6.07, 6.45) is 1.30. The fourth-order valence-electron chi connectivity index (χ4n) is 0.714. The van der Waals surface area contributed by atoms with Crippen molar-refractivity contribution >= 4 is 15.9 Å². The summed E-state index contributed by atoms with van der Waals surface area (Å²) in [5.74, 6) is 0. The molecule has 1 heterocycles. The molecule has 0 radical (unpaired) electrons. The van der Waals surface area contributed by atoms with Crippen molar-refractivity contribution in [3.8, 4) is 0 Å². The number of rotatable bonds is 3. The normalized spacial score (nSPS) is 11.6. The number of aromatic amines is 1. The highest BCUT2D eigenvalue weighted by molar-refractivity contribution is 7.90. The SMILES string of the molecule is CN(C)S(=O)(=O)Nc1ccc(=O)[nH]c1. The van der Waals surface area contributed by atoms with Crippen LogP contribution in [0.15, 0.2) is 23.1 Å². The van der Waals surface area contributed by atoms with Gasteiger partial charge in [0.25, 0.3) is 0 Å². The molecule has 0 aromatic carbocycles. The molecule has 0 aliphatic rings. The molecule has 0 saturated carbocycles. The number of hydrogen-bond donors (Lipinski definition) is 2.